The van der Waals surface area contributed by atoms with Crippen LogP contribution in [0.4, 0.5) is 4.39 Å². The highest BCUT2D eigenvalue weighted by molar-refractivity contribution is 6.31. The molecule has 88 valence electrons. The van der Waals surface area contributed by atoms with E-state index < -0.39 is 5.67 Å². The number of alkyl halides is 1. The van der Waals surface area contributed by atoms with E-state index in [0.29, 0.717) is 17.9 Å². The zero-order valence-corrected chi connectivity index (χ0v) is 10.3. The second-order valence-corrected chi connectivity index (χ2v) is 4.94. The van der Waals surface area contributed by atoms with Gasteiger partial charge in [-0.15, -0.1) is 0 Å². The van der Waals surface area contributed by atoms with Gasteiger partial charge in [-0.25, -0.2) is 4.39 Å². The Morgan fingerprint density at radius 1 is 1.31 bits per heavy atom. The molecule has 0 amide bonds. The third-order valence-electron chi connectivity index (χ3n) is 3.31. The van der Waals surface area contributed by atoms with Gasteiger partial charge in [-0.3, -0.25) is 0 Å². The molecule has 0 aromatic heterocycles. The maximum Gasteiger partial charge on any atom is 0.137 e. The van der Waals surface area contributed by atoms with Crippen LogP contribution in [-0.4, -0.2) is 13.1 Å². The average molecular weight is 242 g/mol. The Bertz CT molecular complexity index is 370. The van der Waals surface area contributed by atoms with E-state index in [0.717, 1.165) is 30.6 Å². The van der Waals surface area contributed by atoms with Crippen molar-refractivity contribution in [3.05, 3.63) is 34.3 Å². The second-order valence-electron chi connectivity index (χ2n) is 4.53. The van der Waals surface area contributed by atoms with Crippen molar-refractivity contribution in [2.45, 2.75) is 31.9 Å². The van der Waals surface area contributed by atoms with Gasteiger partial charge in [0.2, 0.25) is 0 Å². The van der Waals surface area contributed by atoms with Crippen molar-refractivity contribution in [1.82, 2.24) is 5.32 Å². The van der Waals surface area contributed by atoms with E-state index in [1.54, 1.807) is 6.07 Å². The Hall–Kier alpha value is -0.600. The van der Waals surface area contributed by atoms with Gasteiger partial charge in [0.15, 0.2) is 0 Å². The molecule has 0 radical (unpaired) electrons. The Kier molecular flexibility index (Phi) is 3.50. The number of nitrogens with one attached hydrogen (secondary N) is 1. The van der Waals surface area contributed by atoms with Crippen molar-refractivity contribution < 1.29 is 4.39 Å². The van der Waals surface area contributed by atoms with Crippen LogP contribution < -0.4 is 5.32 Å². The molecule has 1 heterocycles. The van der Waals surface area contributed by atoms with Crippen LogP contribution in [-0.2, 0) is 5.67 Å². The van der Waals surface area contributed by atoms with Crippen LogP contribution in [0.5, 0.6) is 0 Å². The molecule has 1 N–H and O–H groups in total. The molecule has 1 fully saturated rings. The van der Waals surface area contributed by atoms with Gasteiger partial charge >= 0.3 is 0 Å². The molecule has 1 nitrogen and oxygen atoms in total. The summed E-state index contributed by atoms with van der Waals surface area (Å²) in [5.41, 5.74) is 0.522. The van der Waals surface area contributed by atoms with Gasteiger partial charge in [0.25, 0.3) is 0 Å². The lowest BCUT2D eigenvalue weighted by Crippen LogP contribution is -2.22. The van der Waals surface area contributed by atoms with Gasteiger partial charge in [-0.1, -0.05) is 23.7 Å². The zero-order chi connectivity index (χ0) is 11.6. The maximum atomic E-state index is 14.8. The molecule has 16 heavy (non-hydrogen) atoms. The molecule has 3 heteroatoms. The Morgan fingerprint density at radius 3 is 2.88 bits per heavy atom. The highest BCUT2D eigenvalue weighted by atomic mass is 35.5. The fourth-order valence-electron chi connectivity index (χ4n) is 2.19. The molecule has 1 aromatic carbocycles. The Labute approximate surface area is 101 Å². The van der Waals surface area contributed by atoms with Crippen molar-refractivity contribution in [3.8, 4) is 0 Å². The van der Waals surface area contributed by atoms with Crippen LogP contribution in [0.2, 0.25) is 5.02 Å². The van der Waals surface area contributed by atoms with Crippen LogP contribution in [0, 0.1) is 6.92 Å². The highest BCUT2D eigenvalue weighted by Gasteiger charge is 2.32. The number of benzene rings is 1. The lowest BCUT2D eigenvalue weighted by atomic mass is 9.88. The molecule has 1 unspecified atom stereocenters. The van der Waals surface area contributed by atoms with E-state index in [1.165, 1.54) is 0 Å². The van der Waals surface area contributed by atoms with Crippen LogP contribution >= 0.6 is 11.6 Å². The minimum atomic E-state index is -1.21. The fraction of sp³-hybridized carbons (Fsp3) is 0.538. The third kappa shape index (κ3) is 2.38. The molecule has 0 spiro atoms. The quantitative estimate of drug-likeness (QED) is 0.793. The van der Waals surface area contributed by atoms with E-state index in [1.807, 2.05) is 19.1 Å². The number of rotatable bonds is 1. The summed E-state index contributed by atoms with van der Waals surface area (Å²) in [6.07, 6.45) is 1.99. The van der Waals surface area contributed by atoms with E-state index in [2.05, 4.69) is 5.32 Å². The molecule has 1 aromatic rings. The molecule has 0 saturated carbocycles. The first kappa shape index (κ1) is 11.9. The number of hydrogen-bond acceptors (Lipinski definition) is 1. The summed E-state index contributed by atoms with van der Waals surface area (Å²) in [6, 6.07) is 5.55. The molecule has 1 aliphatic heterocycles. The van der Waals surface area contributed by atoms with Crippen molar-refractivity contribution in [1.29, 1.82) is 0 Å². The summed E-state index contributed by atoms with van der Waals surface area (Å²) >= 11 is 6.05. The minimum absolute atomic E-state index is 0.534. The summed E-state index contributed by atoms with van der Waals surface area (Å²) in [4.78, 5) is 0. The van der Waals surface area contributed by atoms with E-state index in [9.17, 15) is 4.39 Å². The largest absolute Gasteiger partial charge is 0.317 e. The van der Waals surface area contributed by atoms with Gasteiger partial charge in [-0.2, -0.15) is 0 Å². The molecule has 0 bridgehead atoms. The first-order chi connectivity index (χ1) is 7.62. The number of hydrogen-bond donors (Lipinski definition) is 1. The molecular weight excluding hydrogens is 225 g/mol. The summed E-state index contributed by atoms with van der Waals surface area (Å²) in [6.45, 7) is 3.58. The van der Waals surface area contributed by atoms with Crippen LogP contribution in [0.3, 0.4) is 0 Å². The van der Waals surface area contributed by atoms with Gasteiger partial charge in [0.1, 0.15) is 5.67 Å². The standard InChI is InChI=1S/C13H17ClFN/c1-10-3-4-11(9-12(10)14)13(15)5-2-7-16-8-6-13/h3-4,9,16H,2,5-8H2,1H3. The average Bonchev–Trinajstić information content (AvgIpc) is 2.48. The van der Waals surface area contributed by atoms with E-state index in [-0.39, 0.29) is 0 Å². The van der Waals surface area contributed by atoms with E-state index >= 15 is 0 Å². The van der Waals surface area contributed by atoms with Gasteiger partial charge in [0.05, 0.1) is 0 Å². The topological polar surface area (TPSA) is 12.0 Å². The summed E-state index contributed by atoms with van der Waals surface area (Å²) in [5.74, 6) is 0. The van der Waals surface area contributed by atoms with Crippen LogP contribution in [0.15, 0.2) is 18.2 Å². The maximum absolute atomic E-state index is 14.8. The number of halogens is 2. The van der Waals surface area contributed by atoms with Crippen LogP contribution in [0.1, 0.15) is 30.4 Å². The van der Waals surface area contributed by atoms with Crippen molar-refractivity contribution in [2.75, 3.05) is 13.1 Å². The van der Waals surface area contributed by atoms with Crippen molar-refractivity contribution >= 4 is 11.6 Å². The van der Waals surface area contributed by atoms with E-state index in [4.69, 9.17) is 11.6 Å². The monoisotopic (exact) mass is 241 g/mol. The Morgan fingerprint density at radius 2 is 2.12 bits per heavy atom. The van der Waals surface area contributed by atoms with Gasteiger partial charge in [0, 0.05) is 5.02 Å². The molecule has 2 rings (SSSR count). The predicted octanol–water partition coefficient (Wildman–Crippen LogP) is 3.59. The lowest BCUT2D eigenvalue weighted by molar-refractivity contribution is 0.145. The lowest BCUT2D eigenvalue weighted by Gasteiger charge is -2.24. The smallest absolute Gasteiger partial charge is 0.137 e. The molecule has 1 atom stereocenters. The highest BCUT2D eigenvalue weighted by Crippen LogP contribution is 2.37. The second kappa shape index (κ2) is 4.72. The molecule has 1 aliphatic rings. The normalized spacial score (nSPS) is 26.4. The summed E-state index contributed by atoms with van der Waals surface area (Å²) in [5, 5.41) is 3.88. The number of aryl methyl sites for hydroxylation is 1. The van der Waals surface area contributed by atoms with Gasteiger partial charge in [-0.05, 0) is 56.5 Å². The van der Waals surface area contributed by atoms with Gasteiger partial charge < -0.3 is 5.32 Å². The molecule has 0 aliphatic carbocycles. The third-order valence-corrected chi connectivity index (χ3v) is 3.72. The molecule has 1 saturated heterocycles. The summed E-state index contributed by atoms with van der Waals surface area (Å²) in [7, 11) is 0. The first-order valence-electron chi connectivity index (χ1n) is 5.78. The minimum Gasteiger partial charge on any atom is -0.317 e. The predicted molar refractivity (Wildman–Crippen MR) is 65.7 cm³/mol. The fourth-order valence-corrected chi connectivity index (χ4v) is 2.37. The van der Waals surface area contributed by atoms with Crippen molar-refractivity contribution in [2.24, 2.45) is 0 Å². The summed E-state index contributed by atoms with van der Waals surface area (Å²) < 4.78 is 14.8. The zero-order valence-electron chi connectivity index (χ0n) is 9.52. The van der Waals surface area contributed by atoms with Crippen molar-refractivity contribution in [3.63, 3.8) is 0 Å². The SMILES string of the molecule is Cc1ccc(C2(F)CCCNCC2)cc1Cl. The van der Waals surface area contributed by atoms with Crippen LogP contribution in [0.25, 0.3) is 0 Å². The first-order valence-corrected chi connectivity index (χ1v) is 6.16. The molecular formula is C13H17ClFN. The Balaban J connectivity index is 2.29.